The molecule has 0 saturated heterocycles. The first-order chi connectivity index (χ1) is 9.66. The number of carbonyl (C=O) groups excluding carboxylic acids is 1. The number of hydrogen-bond donors (Lipinski definition) is 3. The number of benzene rings is 1. The zero-order valence-corrected chi connectivity index (χ0v) is 11.9. The van der Waals surface area contributed by atoms with Gasteiger partial charge >= 0.3 is 0 Å². The van der Waals surface area contributed by atoms with E-state index in [4.69, 9.17) is 5.73 Å². The molecule has 1 aromatic carbocycles. The van der Waals surface area contributed by atoms with Crippen molar-refractivity contribution in [2.24, 2.45) is 5.73 Å². The van der Waals surface area contributed by atoms with Gasteiger partial charge in [0.15, 0.2) is 0 Å². The topological polar surface area (TPSA) is 75.4 Å². The maximum atomic E-state index is 11.0. The molecule has 1 atom stereocenters. The number of aliphatic hydroxyl groups excluding tert-OH is 1. The smallest absolute Gasteiger partial charge is 0.258 e. The van der Waals surface area contributed by atoms with Gasteiger partial charge in [-0.15, -0.1) is 11.3 Å². The summed E-state index contributed by atoms with van der Waals surface area (Å²) in [6.07, 6.45) is 0.320. The van der Waals surface area contributed by atoms with Gasteiger partial charge in [-0.05, 0) is 24.1 Å². The monoisotopic (exact) mass is 290 g/mol. The Morgan fingerprint density at radius 3 is 2.65 bits per heavy atom. The molecule has 0 aliphatic heterocycles. The van der Waals surface area contributed by atoms with Crippen LogP contribution in [0.2, 0.25) is 0 Å². The van der Waals surface area contributed by atoms with Crippen LogP contribution in [-0.4, -0.2) is 24.1 Å². The van der Waals surface area contributed by atoms with Gasteiger partial charge in [0.05, 0.1) is 11.0 Å². The lowest BCUT2D eigenvalue weighted by Gasteiger charge is -2.11. The van der Waals surface area contributed by atoms with E-state index in [9.17, 15) is 9.90 Å². The van der Waals surface area contributed by atoms with Gasteiger partial charge in [-0.3, -0.25) is 4.79 Å². The molecule has 0 unspecified atom stereocenters. The summed E-state index contributed by atoms with van der Waals surface area (Å²) in [5.74, 6) is -0.381. The number of amides is 1. The Bertz CT molecular complexity index is 554. The van der Waals surface area contributed by atoms with Gasteiger partial charge in [-0.1, -0.05) is 30.3 Å². The number of nitrogens with one attached hydrogen (secondary N) is 1. The minimum Gasteiger partial charge on any atom is -0.387 e. The van der Waals surface area contributed by atoms with E-state index in [1.165, 1.54) is 11.3 Å². The van der Waals surface area contributed by atoms with Gasteiger partial charge in [-0.2, -0.15) is 0 Å². The Morgan fingerprint density at radius 1 is 1.25 bits per heavy atom. The number of carbonyl (C=O) groups is 1. The van der Waals surface area contributed by atoms with Crippen LogP contribution in [0.5, 0.6) is 0 Å². The lowest BCUT2D eigenvalue weighted by molar-refractivity contribution is 0.100. The van der Waals surface area contributed by atoms with Crippen molar-refractivity contribution in [3.05, 3.63) is 57.8 Å². The van der Waals surface area contributed by atoms with Crippen LogP contribution in [0.4, 0.5) is 0 Å². The third kappa shape index (κ3) is 4.16. The second-order valence-electron chi connectivity index (χ2n) is 4.51. The van der Waals surface area contributed by atoms with Crippen LogP contribution >= 0.6 is 11.3 Å². The van der Waals surface area contributed by atoms with E-state index in [0.29, 0.717) is 11.4 Å². The number of hydrogen-bond acceptors (Lipinski definition) is 4. The highest BCUT2D eigenvalue weighted by molar-refractivity contribution is 7.14. The molecule has 0 spiro atoms. The molecule has 4 nitrogen and oxygen atoms in total. The van der Waals surface area contributed by atoms with Gasteiger partial charge in [0.25, 0.3) is 5.91 Å². The van der Waals surface area contributed by atoms with E-state index in [1.807, 2.05) is 36.4 Å². The zero-order chi connectivity index (χ0) is 14.4. The van der Waals surface area contributed by atoms with Crippen molar-refractivity contribution in [2.75, 3.05) is 13.1 Å². The average Bonchev–Trinajstić information content (AvgIpc) is 2.93. The van der Waals surface area contributed by atoms with Crippen LogP contribution in [0, 0.1) is 0 Å². The molecule has 0 bridgehead atoms. The molecule has 5 heteroatoms. The van der Waals surface area contributed by atoms with E-state index in [2.05, 4.69) is 5.32 Å². The third-order valence-electron chi connectivity index (χ3n) is 2.97. The van der Waals surface area contributed by atoms with E-state index in [0.717, 1.165) is 23.4 Å². The summed E-state index contributed by atoms with van der Waals surface area (Å²) in [5, 5.41) is 13.2. The molecule has 4 N–H and O–H groups in total. The van der Waals surface area contributed by atoms with E-state index in [1.54, 1.807) is 6.07 Å². The predicted octanol–water partition coefficient (Wildman–Crippen LogP) is 1.71. The fourth-order valence-corrected chi connectivity index (χ4v) is 2.75. The van der Waals surface area contributed by atoms with Gasteiger partial charge in [0, 0.05) is 18.0 Å². The Kier molecular flexibility index (Phi) is 5.29. The van der Waals surface area contributed by atoms with Crippen LogP contribution < -0.4 is 11.1 Å². The van der Waals surface area contributed by atoms with Crippen molar-refractivity contribution in [1.82, 2.24) is 5.32 Å². The summed E-state index contributed by atoms with van der Waals surface area (Å²) < 4.78 is 0. The molecule has 2 rings (SSSR count). The Hall–Kier alpha value is -1.69. The van der Waals surface area contributed by atoms with E-state index >= 15 is 0 Å². The standard InChI is InChI=1S/C15H18N2O2S/c16-15(19)14-7-6-12(20-14)8-9-17-10-13(18)11-4-2-1-3-5-11/h1-7,13,17-18H,8-10H2,(H2,16,19)/t13-/m1/s1. The number of aliphatic hydroxyl groups is 1. The fourth-order valence-electron chi connectivity index (χ4n) is 1.89. The van der Waals surface area contributed by atoms with Crippen molar-refractivity contribution in [2.45, 2.75) is 12.5 Å². The minimum absolute atomic E-state index is 0.381. The molecule has 0 fully saturated rings. The van der Waals surface area contributed by atoms with Crippen molar-refractivity contribution in [3.63, 3.8) is 0 Å². The molecular weight excluding hydrogens is 272 g/mol. The molecule has 106 valence electrons. The summed E-state index contributed by atoms with van der Waals surface area (Å²) in [7, 11) is 0. The molecule has 0 radical (unpaired) electrons. The summed E-state index contributed by atoms with van der Waals surface area (Å²) >= 11 is 1.42. The number of nitrogens with two attached hydrogens (primary N) is 1. The van der Waals surface area contributed by atoms with Crippen LogP contribution in [0.25, 0.3) is 0 Å². The number of primary amides is 1. The highest BCUT2D eigenvalue weighted by Crippen LogP contribution is 2.16. The van der Waals surface area contributed by atoms with Gasteiger partial charge < -0.3 is 16.2 Å². The lowest BCUT2D eigenvalue weighted by atomic mass is 10.1. The normalized spacial score (nSPS) is 12.2. The molecule has 1 heterocycles. The fraction of sp³-hybridized carbons (Fsp3) is 0.267. The van der Waals surface area contributed by atoms with Crippen molar-refractivity contribution >= 4 is 17.2 Å². The van der Waals surface area contributed by atoms with E-state index in [-0.39, 0.29) is 5.91 Å². The summed E-state index contributed by atoms with van der Waals surface area (Å²) in [5.41, 5.74) is 6.12. The van der Waals surface area contributed by atoms with Gasteiger partial charge in [-0.25, -0.2) is 0 Å². The summed E-state index contributed by atoms with van der Waals surface area (Å²) in [4.78, 5) is 12.7. The van der Waals surface area contributed by atoms with E-state index < -0.39 is 6.10 Å². The first kappa shape index (κ1) is 14.7. The van der Waals surface area contributed by atoms with Crippen LogP contribution in [0.3, 0.4) is 0 Å². The molecule has 1 amide bonds. The second-order valence-corrected chi connectivity index (χ2v) is 5.68. The zero-order valence-electron chi connectivity index (χ0n) is 11.1. The van der Waals surface area contributed by atoms with Gasteiger partial charge in [0.2, 0.25) is 0 Å². The highest BCUT2D eigenvalue weighted by Gasteiger charge is 2.07. The first-order valence-corrected chi connectivity index (χ1v) is 7.30. The number of rotatable bonds is 7. The van der Waals surface area contributed by atoms with Gasteiger partial charge in [0.1, 0.15) is 0 Å². The molecule has 2 aromatic rings. The SMILES string of the molecule is NC(=O)c1ccc(CCNC[C@@H](O)c2ccccc2)s1. The first-order valence-electron chi connectivity index (χ1n) is 6.49. The maximum Gasteiger partial charge on any atom is 0.258 e. The van der Waals surface area contributed by atoms with Crippen LogP contribution in [0.1, 0.15) is 26.2 Å². The molecule has 1 aromatic heterocycles. The molecule has 20 heavy (non-hydrogen) atoms. The Balaban J connectivity index is 1.72. The highest BCUT2D eigenvalue weighted by atomic mass is 32.1. The Morgan fingerprint density at radius 2 is 2.00 bits per heavy atom. The van der Waals surface area contributed by atoms with Crippen LogP contribution in [-0.2, 0) is 6.42 Å². The molecule has 0 aliphatic rings. The number of thiophene rings is 1. The molecule has 0 saturated carbocycles. The predicted molar refractivity (Wildman–Crippen MR) is 80.8 cm³/mol. The minimum atomic E-state index is -0.499. The second kappa shape index (κ2) is 7.19. The lowest BCUT2D eigenvalue weighted by Crippen LogP contribution is -2.23. The third-order valence-corrected chi connectivity index (χ3v) is 4.13. The quantitative estimate of drug-likeness (QED) is 0.680. The van der Waals surface area contributed by atoms with Crippen molar-refractivity contribution in [1.29, 1.82) is 0 Å². The average molecular weight is 290 g/mol. The molecular formula is C15H18N2O2S. The molecule has 0 aliphatic carbocycles. The van der Waals surface area contributed by atoms with Crippen LogP contribution in [0.15, 0.2) is 42.5 Å². The summed E-state index contributed by atoms with van der Waals surface area (Å²) in [6.45, 7) is 1.26. The maximum absolute atomic E-state index is 11.0. The van der Waals surface area contributed by atoms with Crippen molar-refractivity contribution in [3.8, 4) is 0 Å². The largest absolute Gasteiger partial charge is 0.387 e. The van der Waals surface area contributed by atoms with Crippen molar-refractivity contribution < 1.29 is 9.90 Å². The Labute approximate surface area is 122 Å². The summed E-state index contributed by atoms with van der Waals surface area (Å²) in [6, 6.07) is 13.2.